The number of oxime groups is 1. The van der Waals surface area contributed by atoms with Gasteiger partial charge in [-0.15, -0.1) is 0 Å². The zero-order chi connectivity index (χ0) is 26.9. The number of fused-ring (bicyclic) bond motifs is 3. The summed E-state index contributed by atoms with van der Waals surface area (Å²) < 4.78 is 0. The van der Waals surface area contributed by atoms with Gasteiger partial charge in [-0.25, -0.2) is 0 Å². The van der Waals surface area contributed by atoms with Crippen LogP contribution in [0.4, 0.5) is 0 Å². The van der Waals surface area contributed by atoms with E-state index in [1.165, 1.54) is 16.7 Å². The lowest BCUT2D eigenvalue weighted by Gasteiger charge is -2.53. The molecule has 1 N–H and O–H groups in total. The number of hydrogen-bond acceptors (Lipinski definition) is 3. The fourth-order valence-corrected chi connectivity index (χ4v) is 7.07. The maximum Gasteiger partial charge on any atom is 0.309 e. The summed E-state index contributed by atoms with van der Waals surface area (Å²) in [4.78, 5) is 18.5. The summed E-state index contributed by atoms with van der Waals surface area (Å²) in [5.41, 5.74) is 7.04. The van der Waals surface area contributed by atoms with Gasteiger partial charge in [0.1, 0.15) is 12.3 Å². The summed E-state index contributed by atoms with van der Waals surface area (Å²) in [5, 5.41) is 15.0. The Hall–Kier alpha value is -3.40. The molecule has 2 aliphatic carbocycles. The monoisotopic (exact) mass is 509 g/mol. The largest absolute Gasteiger partial charge is 0.481 e. The van der Waals surface area contributed by atoms with Crippen LogP contribution in [0.5, 0.6) is 0 Å². The molecule has 4 heteroatoms. The fraction of sp³-hybridized carbons (Fsp3) is 0.412. The third-order valence-corrected chi connectivity index (χ3v) is 9.17. The fourth-order valence-electron chi connectivity index (χ4n) is 7.07. The van der Waals surface area contributed by atoms with Crippen LogP contribution in [-0.2, 0) is 28.1 Å². The van der Waals surface area contributed by atoms with Crippen molar-refractivity contribution in [1.82, 2.24) is 0 Å². The molecule has 38 heavy (non-hydrogen) atoms. The molecule has 0 heterocycles. The van der Waals surface area contributed by atoms with E-state index in [2.05, 4.69) is 45.0 Å². The number of carboxylic acid groups (broad SMARTS) is 1. The predicted octanol–water partition coefficient (Wildman–Crippen LogP) is 7.87. The van der Waals surface area contributed by atoms with Gasteiger partial charge in [-0.05, 0) is 78.2 Å². The molecule has 3 aromatic carbocycles. The molecule has 1 fully saturated rings. The summed E-state index contributed by atoms with van der Waals surface area (Å²) in [5.74, 6) is -0.241. The highest BCUT2D eigenvalue weighted by molar-refractivity contribution is 6.13. The number of aryl methyl sites for hydroxylation is 1. The minimum atomic E-state index is -0.698. The maximum atomic E-state index is 12.5. The van der Waals surface area contributed by atoms with Crippen LogP contribution in [-0.4, -0.2) is 16.8 Å². The van der Waals surface area contributed by atoms with E-state index in [4.69, 9.17) is 9.99 Å². The van der Waals surface area contributed by atoms with E-state index in [0.29, 0.717) is 12.5 Å². The zero-order valence-electron chi connectivity index (χ0n) is 23.0. The Balaban J connectivity index is 1.64. The van der Waals surface area contributed by atoms with Gasteiger partial charge in [-0.2, -0.15) is 0 Å². The highest BCUT2D eigenvalue weighted by Gasteiger charge is 2.55. The Morgan fingerprint density at radius 2 is 1.71 bits per heavy atom. The van der Waals surface area contributed by atoms with Crippen molar-refractivity contribution in [3.8, 4) is 0 Å². The zero-order valence-corrected chi connectivity index (χ0v) is 23.0. The number of nitrogens with zero attached hydrogens (tertiary/aromatic N) is 1. The molecule has 0 radical (unpaired) electrons. The quantitative estimate of drug-likeness (QED) is 0.260. The minimum absolute atomic E-state index is 0.109. The topological polar surface area (TPSA) is 58.9 Å². The lowest BCUT2D eigenvalue weighted by molar-refractivity contribution is -0.157. The molecule has 4 nitrogen and oxygen atoms in total. The van der Waals surface area contributed by atoms with E-state index >= 15 is 0 Å². The minimum Gasteiger partial charge on any atom is -0.481 e. The lowest BCUT2D eigenvalue weighted by Crippen LogP contribution is -2.52. The van der Waals surface area contributed by atoms with Crippen molar-refractivity contribution in [2.24, 2.45) is 16.5 Å². The van der Waals surface area contributed by atoms with Crippen molar-refractivity contribution < 1.29 is 14.7 Å². The second-order valence-electron chi connectivity index (χ2n) is 11.9. The SMILES string of the molecule is CC(C)c1cc2c(cc1/C(=N/OCc1ccccc1)c1ccccc1)[C@@]1(C)CCC[C@@](C)(C(=O)O)C1CC2. The maximum absolute atomic E-state index is 12.5. The van der Waals surface area contributed by atoms with E-state index in [9.17, 15) is 9.90 Å². The lowest BCUT2D eigenvalue weighted by atomic mass is 9.49. The molecule has 2 aliphatic rings. The molecule has 3 aromatic rings. The molecule has 0 aromatic heterocycles. The van der Waals surface area contributed by atoms with Gasteiger partial charge >= 0.3 is 5.97 Å². The van der Waals surface area contributed by atoms with Crippen molar-refractivity contribution in [2.45, 2.75) is 77.7 Å². The summed E-state index contributed by atoms with van der Waals surface area (Å²) in [6.07, 6.45) is 4.52. The highest BCUT2D eigenvalue weighted by Crippen LogP contribution is 2.57. The van der Waals surface area contributed by atoms with Crippen LogP contribution in [0.3, 0.4) is 0 Å². The number of carboxylic acids is 1. The van der Waals surface area contributed by atoms with Gasteiger partial charge in [-0.1, -0.05) is 99.1 Å². The van der Waals surface area contributed by atoms with Crippen molar-refractivity contribution in [3.05, 3.63) is 106 Å². The Kier molecular flexibility index (Phi) is 7.17. The van der Waals surface area contributed by atoms with Gasteiger partial charge in [0.15, 0.2) is 0 Å². The van der Waals surface area contributed by atoms with Gasteiger partial charge in [0.2, 0.25) is 0 Å². The normalized spacial score (nSPS) is 25.0. The molecule has 0 saturated heterocycles. The Labute approximate surface area is 226 Å². The Bertz CT molecular complexity index is 1330. The van der Waals surface area contributed by atoms with E-state index in [1.54, 1.807) is 0 Å². The standard InChI is InChI=1S/C34H39NO3/c1-23(2)27-20-26-16-17-30-33(3,18-11-19-34(30,4)32(36)37)29(26)21-28(27)31(25-14-9-6-10-15-25)35-38-22-24-12-7-5-8-13-24/h5-10,12-15,20-21,23,30H,11,16-19,22H2,1-4H3,(H,36,37)/b35-31+/t30?,33-,34-/m1/s1. The average molecular weight is 510 g/mol. The van der Waals surface area contributed by atoms with Crippen molar-refractivity contribution in [1.29, 1.82) is 0 Å². The molecular weight excluding hydrogens is 470 g/mol. The first-order valence-corrected chi connectivity index (χ1v) is 13.9. The van der Waals surface area contributed by atoms with Crippen molar-refractivity contribution >= 4 is 11.7 Å². The third-order valence-electron chi connectivity index (χ3n) is 9.17. The van der Waals surface area contributed by atoms with E-state index in [1.807, 2.05) is 55.5 Å². The Morgan fingerprint density at radius 3 is 2.37 bits per heavy atom. The van der Waals surface area contributed by atoms with Crippen molar-refractivity contribution in [2.75, 3.05) is 0 Å². The van der Waals surface area contributed by atoms with Gasteiger partial charge in [0.05, 0.1) is 5.41 Å². The van der Waals surface area contributed by atoms with Crippen LogP contribution in [0.1, 0.15) is 92.7 Å². The second kappa shape index (κ2) is 10.4. The molecule has 0 spiro atoms. The molecular formula is C34H39NO3. The molecule has 0 aliphatic heterocycles. The molecule has 1 saturated carbocycles. The van der Waals surface area contributed by atoms with Crippen LogP contribution < -0.4 is 0 Å². The first-order valence-electron chi connectivity index (χ1n) is 13.9. The van der Waals surface area contributed by atoms with Crippen LogP contribution in [0.2, 0.25) is 0 Å². The van der Waals surface area contributed by atoms with E-state index in [0.717, 1.165) is 54.5 Å². The number of hydrogen-bond donors (Lipinski definition) is 1. The smallest absolute Gasteiger partial charge is 0.309 e. The predicted molar refractivity (Wildman–Crippen MR) is 153 cm³/mol. The molecule has 3 atom stereocenters. The second-order valence-corrected chi connectivity index (χ2v) is 11.9. The van der Waals surface area contributed by atoms with Gasteiger partial charge in [-0.3, -0.25) is 4.79 Å². The molecule has 0 amide bonds. The molecule has 5 rings (SSSR count). The number of carbonyl (C=O) groups is 1. The first-order chi connectivity index (χ1) is 18.2. The molecule has 1 unspecified atom stereocenters. The van der Waals surface area contributed by atoms with Crippen LogP contribution in [0.15, 0.2) is 78.0 Å². The summed E-state index contributed by atoms with van der Waals surface area (Å²) in [7, 11) is 0. The van der Waals surface area contributed by atoms with Crippen LogP contribution in [0.25, 0.3) is 0 Å². The molecule has 198 valence electrons. The number of benzene rings is 3. The van der Waals surface area contributed by atoms with Crippen LogP contribution >= 0.6 is 0 Å². The molecule has 0 bridgehead atoms. The first kappa shape index (κ1) is 26.2. The van der Waals surface area contributed by atoms with Gasteiger partial charge in [0.25, 0.3) is 0 Å². The summed E-state index contributed by atoms with van der Waals surface area (Å²) >= 11 is 0. The highest BCUT2D eigenvalue weighted by atomic mass is 16.6. The summed E-state index contributed by atoms with van der Waals surface area (Å²) in [6, 6.07) is 25.1. The van der Waals surface area contributed by atoms with Gasteiger partial charge in [0, 0.05) is 11.1 Å². The number of aliphatic carboxylic acids is 1. The number of rotatable bonds is 7. The average Bonchev–Trinajstić information content (AvgIpc) is 2.91. The van der Waals surface area contributed by atoms with E-state index < -0.39 is 11.4 Å². The van der Waals surface area contributed by atoms with E-state index in [-0.39, 0.29) is 11.3 Å². The van der Waals surface area contributed by atoms with Crippen molar-refractivity contribution in [3.63, 3.8) is 0 Å². The Morgan fingerprint density at radius 1 is 1.03 bits per heavy atom. The van der Waals surface area contributed by atoms with Crippen LogP contribution in [0, 0.1) is 11.3 Å². The summed E-state index contributed by atoms with van der Waals surface area (Å²) in [6.45, 7) is 9.14. The third kappa shape index (κ3) is 4.66. The van der Waals surface area contributed by atoms with Gasteiger partial charge < -0.3 is 9.94 Å².